The van der Waals surface area contributed by atoms with Gasteiger partial charge >= 0.3 is 0 Å². The second-order valence-electron chi connectivity index (χ2n) is 6.87. The van der Waals surface area contributed by atoms with Gasteiger partial charge in [0.2, 0.25) is 5.91 Å². The number of carbonyl (C=O) groups is 1. The van der Waals surface area contributed by atoms with Crippen molar-refractivity contribution in [3.8, 4) is 5.75 Å². The zero-order chi connectivity index (χ0) is 18.4. The maximum Gasteiger partial charge on any atom is 0.226 e. The molecule has 1 saturated heterocycles. The molecule has 0 aliphatic carbocycles. The van der Waals surface area contributed by atoms with E-state index in [1.54, 1.807) is 7.11 Å². The second-order valence-corrected chi connectivity index (χ2v) is 6.87. The summed E-state index contributed by atoms with van der Waals surface area (Å²) in [5, 5.41) is 0. The predicted molar refractivity (Wildman–Crippen MR) is 105 cm³/mol. The average Bonchev–Trinajstić information content (AvgIpc) is 2.99. The van der Waals surface area contributed by atoms with E-state index in [1.807, 2.05) is 24.3 Å². The number of benzene rings is 2. The van der Waals surface area contributed by atoms with Gasteiger partial charge in [-0.05, 0) is 48.9 Å². The molecule has 1 aliphatic heterocycles. The van der Waals surface area contributed by atoms with E-state index in [2.05, 4.69) is 47.9 Å². The molecular formula is C23H27NO2. The number of likely N-dealkylation sites (tertiary alicyclic amines) is 1. The number of allylic oxidation sites excluding steroid dienone is 1. The number of carbonyl (C=O) groups excluding carboxylic acids is 1. The summed E-state index contributed by atoms with van der Waals surface area (Å²) < 4.78 is 5.26. The van der Waals surface area contributed by atoms with Crippen molar-refractivity contribution >= 4 is 5.91 Å². The molecule has 2 aromatic rings. The fraction of sp³-hybridized carbons (Fsp3) is 0.348. The maximum atomic E-state index is 12.9. The molecule has 26 heavy (non-hydrogen) atoms. The summed E-state index contributed by atoms with van der Waals surface area (Å²) in [7, 11) is 1.67. The quantitative estimate of drug-likeness (QED) is 0.641. The van der Waals surface area contributed by atoms with Crippen molar-refractivity contribution in [1.82, 2.24) is 4.90 Å². The van der Waals surface area contributed by atoms with Crippen molar-refractivity contribution in [2.24, 2.45) is 5.92 Å². The zero-order valence-corrected chi connectivity index (χ0v) is 15.4. The van der Waals surface area contributed by atoms with Gasteiger partial charge in [-0.15, -0.1) is 6.58 Å². The molecule has 0 N–H and O–H groups in total. The highest BCUT2D eigenvalue weighted by Gasteiger charge is 2.38. The van der Waals surface area contributed by atoms with E-state index < -0.39 is 0 Å². The summed E-state index contributed by atoms with van der Waals surface area (Å²) in [5.74, 6) is 1.16. The molecule has 136 valence electrons. The molecule has 1 amide bonds. The molecule has 0 radical (unpaired) electrons. The Morgan fingerprint density at radius 3 is 2.54 bits per heavy atom. The van der Waals surface area contributed by atoms with Crippen LogP contribution in [0.25, 0.3) is 0 Å². The van der Waals surface area contributed by atoms with Crippen LogP contribution >= 0.6 is 0 Å². The topological polar surface area (TPSA) is 29.5 Å². The van der Waals surface area contributed by atoms with Crippen molar-refractivity contribution in [2.45, 2.75) is 31.7 Å². The van der Waals surface area contributed by atoms with Gasteiger partial charge in [0.25, 0.3) is 0 Å². The first-order valence-electron chi connectivity index (χ1n) is 9.32. The highest BCUT2D eigenvalue weighted by molar-refractivity contribution is 5.82. The van der Waals surface area contributed by atoms with E-state index in [4.69, 9.17) is 4.74 Å². The standard InChI is InChI=1S/C23H27NO2/c1-3-8-20-17-22(19-12-14-21(26-2)15-13-19)24(23(20)25)16-7-11-18-9-5-4-6-10-18/h3-6,9-10,12-15,20,22H,1,7-8,11,16-17H2,2H3. The van der Waals surface area contributed by atoms with Crippen LogP contribution in [0.4, 0.5) is 0 Å². The van der Waals surface area contributed by atoms with Crippen molar-refractivity contribution in [1.29, 1.82) is 0 Å². The number of methoxy groups -OCH3 is 1. The minimum absolute atomic E-state index is 0.0522. The molecule has 0 aromatic heterocycles. The molecule has 3 rings (SSSR count). The van der Waals surface area contributed by atoms with E-state index in [0.29, 0.717) is 0 Å². The lowest BCUT2D eigenvalue weighted by Gasteiger charge is -2.25. The molecule has 3 heteroatoms. The van der Waals surface area contributed by atoms with E-state index >= 15 is 0 Å². The Kier molecular flexibility index (Phi) is 6.11. The molecule has 1 heterocycles. The van der Waals surface area contributed by atoms with Gasteiger partial charge in [0.15, 0.2) is 0 Å². The minimum Gasteiger partial charge on any atom is -0.497 e. The lowest BCUT2D eigenvalue weighted by Crippen LogP contribution is -2.30. The Balaban J connectivity index is 1.71. The van der Waals surface area contributed by atoms with Crippen LogP contribution in [0, 0.1) is 5.92 Å². The van der Waals surface area contributed by atoms with Crippen LogP contribution in [0.3, 0.4) is 0 Å². The molecule has 1 fully saturated rings. The summed E-state index contributed by atoms with van der Waals surface area (Å²) in [6, 6.07) is 18.7. The lowest BCUT2D eigenvalue weighted by atomic mass is 9.97. The Bertz CT molecular complexity index is 724. The number of rotatable bonds is 8. The van der Waals surface area contributed by atoms with Gasteiger partial charge in [-0.3, -0.25) is 4.79 Å². The third-order valence-corrected chi connectivity index (χ3v) is 5.18. The summed E-state index contributed by atoms with van der Waals surface area (Å²) in [4.78, 5) is 15.0. The van der Waals surface area contributed by atoms with Gasteiger partial charge in [0, 0.05) is 12.5 Å². The van der Waals surface area contributed by atoms with E-state index in [0.717, 1.165) is 38.0 Å². The fourth-order valence-electron chi connectivity index (χ4n) is 3.79. The van der Waals surface area contributed by atoms with Gasteiger partial charge < -0.3 is 9.64 Å². The maximum absolute atomic E-state index is 12.9. The lowest BCUT2D eigenvalue weighted by molar-refractivity contribution is -0.132. The minimum atomic E-state index is 0.0522. The van der Waals surface area contributed by atoms with Crippen LogP contribution in [0.2, 0.25) is 0 Å². The molecule has 0 bridgehead atoms. The predicted octanol–water partition coefficient (Wildman–Crippen LogP) is 4.79. The summed E-state index contributed by atoms with van der Waals surface area (Å²) in [5.41, 5.74) is 2.51. The zero-order valence-electron chi connectivity index (χ0n) is 15.4. The number of hydrogen-bond donors (Lipinski definition) is 0. The highest BCUT2D eigenvalue weighted by Crippen LogP contribution is 2.38. The monoisotopic (exact) mass is 349 g/mol. The van der Waals surface area contributed by atoms with Crippen LogP contribution in [-0.4, -0.2) is 24.5 Å². The van der Waals surface area contributed by atoms with E-state index in [-0.39, 0.29) is 17.9 Å². The van der Waals surface area contributed by atoms with Gasteiger partial charge in [0.1, 0.15) is 5.75 Å². The average molecular weight is 349 g/mol. The SMILES string of the molecule is C=CCC1CC(c2ccc(OC)cc2)N(CCCc2ccccc2)C1=O. The summed E-state index contributed by atoms with van der Waals surface area (Å²) in [6.07, 6.45) is 5.44. The number of ether oxygens (including phenoxy) is 1. The first kappa shape index (κ1) is 18.2. The fourth-order valence-corrected chi connectivity index (χ4v) is 3.79. The number of hydrogen-bond acceptors (Lipinski definition) is 2. The van der Waals surface area contributed by atoms with Crippen molar-refractivity contribution < 1.29 is 9.53 Å². The molecule has 1 aliphatic rings. The van der Waals surface area contributed by atoms with Crippen LogP contribution in [0.5, 0.6) is 5.75 Å². The molecule has 2 atom stereocenters. The van der Waals surface area contributed by atoms with Crippen LogP contribution in [0.15, 0.2) is 67.3 Å². The number of aryl methyl sites for hydroxylation is 1. The van der Waals surface area contributed by atoms with Gasteiger partial charge in [-0.25, -0.2) is 0 Å². The van der Waals surface area contributed by atoms with Gasteiger partial charge in [0.05, 0.1) is 13.2 Å². The smallest absolute Gasteiger partial charge is 0.226 e. The molecule has 3 nitrogen and oxygen atoms in total. The van der Waals surface area contributed by atoms with E-state index in [1.165, 1.54) is 11.1 Å². The molecule has 0 saturated carbocycles. The van der Waals surface area contributed by atoms with Crippen molar-refractivity contribution in [3.63, 3.8) is 0 Å². The van der Waals surface area contributed by atoms with Crippen molar-refractivity contribution in [2.75, 3.05) is 13.7 Å². The van der Waals surface area contributed by atoms with Gasteiger partial charge in [-0.1, -0.05) is 48.5 Å². The molecule has 0 spiro atoms. The van der Waals surface area contributed by atoms with Crippen LogP contribution < -0.4 is 4.74 Å². The first-order valence-corrected chi connectivity index (χ1v) is 9.32. The highest BCUT2D eigenvalue weighted by atomic mass is 16.5. The Hall–Kier alpha value is -2.55. The Morgan fingerprint density at radius 1 is 1.15 bits per heavy atom. The largest absolute Gasteiger partial charge is 0.497 e. The Morgan fingerprint density at radius 2 is 1.88 bits per heavy atom. The van der Waals surface area contributed by atoms with E-state index in [9.17, 15) is 4.79 Å². The molecule has 2 aromatic carbocycles. The third-order valence-electron chi connectivity index (χ3n) is 5.18. The normalized spacial score (nSPS) is 19.6. The van der Waals surface area contributed by atoms with Crippen LogP contribution in [0.1, 0.15) is 36.4 Å². The second kappa shape index (κ2) is 8.70. The summed E-state index contributed by atoms with van der Waals surface area (Å²) >= 11 is 0. The number of nitrogens with zero attached hydrogens (tertiary/aromatic N) is 1. The Labute approximate surface area is 156 Å². The van der Waals surface area contributed by atoms with Gasteiger partial charge in [-0.2, -0.15) is 0 Å². The summed E-state index contributed by atoms with van der Waals surface area (Å²) in [6.45, 7) is 4.61. The van der Waals surface area contributed by atoms with Crippen molar-refractivity contribution in [3.05, 3.63) is 78.4 Å². The molecular weight excluding hydrogens is 322 g/mol. The number of amides is 1. The first-order chi connectivity index (χ1) is 12.7. The third kappa shape index (κ3) is 4.16. The molecule has 2 unspecified atom stereocenters. The van der Waals surface area contributed by atoms with Crippen LogP contribution in [-0.2, 0) is 11.2 Å².